The largest absolute Gasteiger partial charge is 0.481 e. The van der Waals surface area contributed by atoms with Gasteiger partial charge in [-0.05, 0) is 32.0 Å². The summed E-state index contributed by atoms with van der Waals surface area (Å²) in [5.41, 5.74) is 1.75. The van der Waals surface area contributed by atoms with Gasteiger partial charge in [0.05, 0.1) is 6.42 Å². The van der Waals surface area contributed by atoms with E-state index in [1.54, 1.807) is 4.90 Å². The lowest BCUT2D eigenvalue weighted by Crippen LogP contribution is -2.38. The van der Waals surface area contributed by atoms with E-state index in [9.17, 15) is 9.59 Å². The highest BCUT2D eigenvalue weighted by Gasteiger charge is 2.20. The van der Waals surface area contributed by atoms with Gasteiger partial charge in [-0.25, -0.2) is 0 Å². The van der Waals surface area contributed by atoms with Gasteiger partial charge < -0.3 is 15.3 Å². The highest BCUT2D eigenvalue weighted by atomic mass is 16.4. The number of hydrogen-bond acceptors (Lipinski definition) is 3. The maximum Gasteiger partial charge on any atom is 0.305 e. The summed E-state index contributed by atoms with van der Waals surface area (Å²) in [6, 6.07) is 7.60. The van der Waals surface area contributed by atoms with E-state index in [0.717, 1.165) is 17.8 Å². The number of benzene rings is 1. The second-order valence-electron chi connectivity index (χ2n) is 5.14. The molecule has 0 aromatic heterocycles. The number of hydrogen-bond donors (Lipinski definition) is 2. The predicted molar refractivity (Wildman–Crippen MR) is 83.5 cm³/mol. The van der Waals surface area contributed by atoms with Crippen molar-refractivity contribution in [1.29, 1.82) is 0 Å². The van der Waals surface area contributed by atoms with Crippen molar-refractivity contribution in [2.75, 3.05) is 18.0 Å². The number of aliphatic carboxylic acids is 1. The first-order chi connectivity index (χ1) is 9.95. The molecule has 0 aliphatic rings. The van der Waals surface area contributed by atoms with Gasteiger partial charge in [-0.3, -0.25) is 9.59 Å². The fraction of sp³-hybridized carbons (Fsp3) is 0.500. The lowest BCUT2D eigenvalue weighted by atomic mass is 10.1. The van der Waals surface area contributed by atoms with Crippen LogP contribution in [0.3, 0.4) is 0 Å². The topological polar surface area (TPSA) is 69.6 Å². The number of carboxylic acids is 1. The third-order valence-corrected chi connectivity index (χ3v) is 3.29. The van der Waals surface area contributed by atoms with Crippen LogP contribution in [0, 0.1) is 6.92 Å². The number of rotatable bonds is 8. The Kier molecular flexibility index (Phi) is 6.88. The quantitative estimate of drug-likeness (QED) is 0.770. The van der Waals surface area contributed by atoms with Gasteiger partial charge in [0.2, 0.25) is 5.91 Å². The van der Waals surface area contributed by atoms with E-state index in [-0.39, 0.29) is 24.9 Å². The maximum atomic E-state index is 12.5. The fourth-order valence-corrected chi connectivity index (χ4v) is 2.25. The number of anilines is 1. The summed E-state index contributed by atoms with van der Waals surface area (Å²) in [5, 5.41) is 12.1. The van der Waals surface area contributed by atoms with Gasteiger partial charge >= 0.3 is 5.97 Å². The SMILES string of the molecule is CCNC(C)CC(=O)N(CCC(=O)O)c1ccccc1C. The van der Waals surface area contributed by atoms with Gasteiger partial charge in [0, 0.05) is 24.7 Å². The van der Waals surface area contributed by atoms with Crippen molar-refractivity contribution in [1.82, 2.24) is 5.32 Å². The highest BCUT2D eigenvalue weighted by Crippen LogP contribution is 2.21. The summed E-state index contributed by atoms with van der Waals surface area (Å²) in [6.45, 7) is 6.86. The van der Waals surface area contributed by atoms with Crippen molar-refractivity contribution in [2.24, 2.45) is 0 Å². The van der Waals surface area contributed by atoms with E-state index in [1.165, 1.54) is 0 Å². The Morgan fingerprint density at radius 2 is 2.00 bits per heavy atom. The Morgan fingerprint density at radius 1 is 1.33 bits per heavy atom. The van der Waals surface area contributed by atoms with Gasteiger partial charge in [-0.15, -0.1) is 0 Å². The monoisotopic (exact) mass is 292 g/mol. The number of para-hydroxylation sites is 1. The van der Waals surface area contributed by atoms with E-state index in [4.69, 9.17) is 5.11 Å². The average Bonchev–Trinajstić information content (AvgIpc) is 2.40. The van der Waals surface area contributed by atoms with Crippen LogP contribution in [-0.2, 0) is 9.59 Å². The maximum absolute atomic E-state index is 12.5. The number of nitrogens with zero attached hydrogens (tertiary/aromatic N) is 1. The Bertz CT molecular complexity index is 488. The van der Waals surface area contributed by atoms with Gasteiger partial charge in [0.1, 0.15) is 0 Å². The van der Waals surface area contributed by atoms with E-state index in [2.05, 4.69) is 5.32 Å². The van der Waals surface area contributed by atoms with Crippen LogP contribution >= 0.6 is 0 Å². The summed E-state index contributed by atoms with van der Waals surface area (Å²) in [7, 11) is 0. The molecule has 1 amide bonds. The smallest absolute Gasteiger partial charge is 0.305 e. The molecular weight excluding hydrogens is 268 g/mol. The molecule has 116 valence electrons. The van der Waals surface area contributed by atoms with Gasteiger partial charge in [0.15, 0.2) is 0 Å². The zero-order chi connectivity index (χ0) is 15.8. The molecule has 0 fully saturated rings. The number of carboxylic acid groups (broad SMARTS) is 1. The minimum Gasteiger partial charge on any atom is -0.481 e. The van der Waals surface area contributed by atoms with Gasteiger partial charge in [-0.1, -0.05) is 25.1 Å². The van der Waals surface area contributed by atoms with Crippen molar-refractivity contribution in [3.8, 4) is 0 Å². The Balaban J connectivity index is 2.89. The number of amides is 1. The van der Waals surface area contributed by atoms with Crippen LogP contribution in [0.15, 0.2) is 24.3 Å². The molecule has 0 spiro atoms. The standard InChI is InChI=1S/C16H24N2O3/c1-4-17-13(3)11-15(19)18(10-9-16(20)21)14-8-6-5-7-12(14)2/h5-8,13,17H,4,9-11H2,1-3H3,(H,20,21). The minimum absolute atomic E-state index is 0.0565. The number of carbonyl (C=O) groups is 2. The molecule has 5 nitrogen and oxygen atoms in total. The van der Waals surface area contributed by atoms with Gasteiger partial charge in [0.25, 0.3) is 0 Å². The Hall–Kier alpha value is -1.88. The molecular formula is C16H24N2O3. The second kappa shape index (κ2) is 8.42. The number of carbonyl (C=O) groups excluding carboxylic acids is 1. The molecule has 0 aliphatic heterocycles. The van der Waals surface area contributed by atoms with E-state index in [0.29, 0.717) is 6.42 Å². The molecule has 1 aromatic carbocycles. The lowest BCUT2D eigenvalue weighted by molar-refractivity contribution is -0.136. The lowest BCUT2D eigenvalue weighted by Gasteiger charge is -2.25. The van der Waals surface area contributed by atoms with Crippen molar-refractivity contribution in [2.45, 2.75) is 39.7 Å². The average molecular weight is 292 g/mol. The minimum atomic E-state index is -0.902. The molecule has 21 heavy (non-hydrogen) atoms. The van der Waals surface area contributed by atoms with E-state index in [1.807, 2.05) is 45.0 Å². The molecule has 0 saturated carbocycles. The van der Waals surface area contributed by atoms with Gasteiger partial charge in [-0.2, -0.15) is 0 Å². The molecule has 0 bridgehead atoms. The molecule has 1 rings (SSSR count). The first-order valence-electron chi connectivity index (χ1n) is 7.26. The summed E-state index contributed by atoms with van der Waals surface area (Å²) >= 11 is 0. The molecule has 1 unspecified atom stereocenters. The van der Waals surface area contributed by atoms with Crippen LogP contribution in [0.5, 0.6) is 0 Å². The molecule has 0 heterocycles. The predicted octanol–water partition coefficient (Wildman–Crippen LogP) is 2.19. The number of nitrogens with one attached hydrogen (secondary N) is 1. The molecule has 1 atom stereocenters. The van der Waals surface area contributed by atoms with Crippen molar-refractivity contribution in [3.63, 3.8) is 0 Å². The highest BCUT2D eigenvalue weighted by molar-refractivity contribution is 5.94. The third-order valence-electron chi connectivity index (χ3n) is 3.29. The van der Waals surface area contributed by atoms with Crippen molar-refractivity contribution in [3.05, 3.63) is 29.8 Å². The zero-order valence-corrected chi connectivity index (χ0v) is 12.9. The van der Waals surface area contributed by atoms with Crippen molar-refractivity contribution < 1.29 is 14.7 Å². The Labute approximate surface area is 126 Å². The molecule has 0 saturated heterocycles. The van der Waals surface area contributed by atoms with Crippen LogP contribution in [0.2, 0.25) is 0 Å². The van der Waals surface area contributed by atoms with Crippen LogP contribution < -0.4 is 10.2 Å². The molecule has 2 N–H and O–H groups in total. The summed E-state index contributed by atoms with van der Waals surface area (Å²) in [4.78, 5) is 24.9. The molecule has 5 heteroatoms. The van der Waals surface area contributed by atoms with Crippen LogP contribution in [0.25, 0.3) is 0 Å². The van der Waals surface area contributed by atoms with Crippen LogP contribution in [-0.4, -0.2) is 36.1 Å². The first kappa shape index (κ1) is 17.2. The fourth-order valence-electron chi connectivity index (χ4n) is 2.25. The molecule has 1 aromatic rings. The second-order valence-corrected chi connectivity index (χ2v) is 5.14. The van der Waals surface area contributed by atoms with Crippen molar-refractivity contribution >= 4 is 17.6 Å². The summed E-state index contributed by atoms with van der Waals surface area (Å²) in [6.07, 6.45) is 0.289. The van der Waals surface area contributed by atoms with Crippen LogP contribution in [0.4, 0.5) is 5.69 Å². The number of aryl methyl sites for hydroxylation is 1. The molecule has 0 aliphatic carbocycles. The molecule has 0 radical (unpaired) electrons. The normalized spacial score (nSPS) is 12.0. The summed E-state index contributed by atoms with van der Waals surface area (Å²) in [5.74, 6) is -0.958. The summed E-state index contributed by atoms with van der Waals surface area (Å²) < 4.78 is 0. The first-order valence-corrected chi connectivity index (χ1v) is 7.26. The van der Waals surface area contributed by atoms with E-state index < -0.39 is 5.97 Å². The Morgan fingerprint density at radius 3 is 2.57 bits per heavy atom. The van der Waals surface area contributed by atoms with E-state index >= 15 is 0 Å². The van der Waals surface area contributed by atoms with Crippen LogP contribution in [0.1, 0.15) is 32.3 Å². The third kappa shape index (κ3) is 5.55. The zero-order valence-electron chi connectivity index (χ0n) is 12.9.